The Morgan fingerprint density at radius 3 is 2.29 bits per heavy atom. The zero-order valence-electron chi connectivity index (χ0n) is 14.8. The second-order valence-corrected chi connectivity index (χ2v) is 5.75. The molecule has 1 amide bonds. The summed E-state index contributed by atoms with van der Waals surface area (Å²) in [4.78, 5) is 14.9. The Kier molecular flexibility index (Phi) is 6.24. The van der Waals surface area contributed by atoms with Crippen LogP contribution in [0.1, 0.15) is 36.2 Å². The van der Waals surface area contributed by atoms with Crippen molar-refractivity contribution in [1.82, 2.24) is 4.90 Å². The van der Waals surface area contributed by atoms with Gasteiger partial charge in [-0.05, 0) is 37.1 Å². The van der Waals surface area contributed by atoms with Crippen molar-refractivity contribution in [2.75, 3.05) is 14.2 Å². The Bertz CT molecular complexity index is 670. The number of amides is 1. The lowest BCUT2D eigenvalue weighted by Crippen LogP contribution is -2.37. The SMILES string of the molecule is CCC(C)N(Cc1ccccc1)C(=O)c1ccc(OC)c(OC)c1. The van der Waals surface area contributed by atoms with Crippen molar-refractivity contribution in [3.05, 3.63) is 59.7 Å². The second-order valence-electron chi connectivity index (χ2n) is 5.75. The second kappa shape index (κ2) is 8.39. The predicted octanol–water partition coefficient (Wildman–Crippen LogP) is 4.14. The van der Waals surface area contributed by atoms with Crippen molar-refractivity contribution in [2.24, 2.45) is 0 Å². The van der Waals surface area contributed by atoms with Gasteiger partial charge in [0.25, 0.3) is 5.91 Å². The molecule has 2 aromatic carbocycles. The van der Waals surface area contributed by atoms with Gasteiger partial charge in [-0.15, -0.1) is 0 Å². The molecule has 0 aromatic heterocycles. The van der Waals surface area contributed by atoms with Gasteiger partial charge in [0.15, 0.2) is 11.5 Å². The average Bonchev–Trinajstić information content (AvgIpc) is 2.65. The highest BCUT2D eigenvalue weighted by molar-refractivity contribution is 5.95. The number of benzene rings is 2. The van der Waals surface area contributed by atoms with Crippen LogP contribution in [0.4, 0.5) is 0 Å². The van der Waals surface area contributed by atoms with Crippen LogP contribution in [0.2, 0.25) is 0 Å². The molecule has 24 heavy (non-hydrogen) atoms. The molecule has 4 heteroatoms. The highest BCUT2D eigenvalue weighted by Gasteiger charge is 2.22. The molecule has 0 radical (unpaired) electrons. The molecule has 1 atom stereocenters. The van der Waals surface area contributed by atoms with E-state index in [2.05, 4.69) is 13.8 Å². The van der Waals surface area contributed by atoms with E-state index >= 15 is 0 Å². The first kappa shape index (κ1) is 17.9. The van der Waals surface area contributed by atoms with Gasteiger partial charge in [0.1, 0.15) is 0 Å². The third-order valence-electron chi connectivity index (χ3n) is 4.21. The lowest BCUT2D eigenvalue weighted by atomic mass is 10.1. The maximum atomic E-state index is 13.0. The minimum Gasteiger partial charge on any atom is -0.493 e. The number of carbonyl (C=O) groups excluding carboxylic acids is 1. The van der Waals surface area contributed by atoms with Crippen LogP contribution < -0.4 is 9.47 Å². The maximum absolute atomic E-state index is 13.0. The molecule has 0 aliphatic heterocycles. The van der Waals surface area contributed by atoms with E-state index in [-0.39, 0.29) is 11.9 Å². The molecule has 0 saturated carbocycles. The summed E-state index contributed by atoms with van der Waals surface area (Å²) in [5.41, 5.74) is 1.72. The molecule has 0 spiro atoms. The number of rotatable bonds is 7. The fraction of sp³-hybridized carbons (Fsp3) is 0.350. The lowest BCUT2D eigenvalue weighted by molar-refractivity contribution is 0.0671. The molecule has 1 unspecified atom stereocenters. The Morgan fingerprint density at radius 1 is 1.04 bits per heavy atom. The smallest absolute Gasteiger partial charge is 0.254 e. The first-order chi connectivity index (χ1) is 11.6. The Balaban J connectivity index is 2.30. The average molecular weight is 327 g/mol. The van der Waals surface area contributed by atoms with E-state index in [0.29, 0.717) is 23.6 Å². The highest BCUT2D eigenvalue weighted by atomic mass is 16.5. The van der Waals surface area contributed by atoms with Gasteiger partial charge in [-0.1, -0.05) is 37.3 Å². The molecule has 0 bridgehead atoms. The summed E-state index contributed by atoms with van der Waals surface area (Å²) >= 11 is 0. The van der Waals surface area contributed by atoms with Gasteiger partial charge in [-0.3, -0.25) is 4.79 Å². The summed E-state index contributed by atoms with van der Waals surface area (Å²) in [6, 6.07) is 15.5. The summed E-state index contributed by atoms with van der Waals surface area (Å²) in [7, 11) is 3.16. The van der Waals surface area contributed by atoms with E-state index in [0.717, 1.165) is 12.0 Å². The molecular weight excluding hydrogens is 302 g/mol. The van der Waals surface area contributed by atoms with E-state index in [1.54, 1.807) is 32.4 Å². The van der Waals surface area contributed by atoms with E-state index in [9.17, 15) is 4.79 Å². The van der Waals surface area contributed by atoms with Gasteiger partial charge in [0, 0.05) is 18.2 Å². The van der Waals surface area contributed by atoms with Crippen molar-refractivity contribution in [2.45, 2.75) is 32.9 Å². The van der Waals surface area contributed by atoms with E-state index in [1.807, 2.05) is 35.2 Å². The fourth-order valence-electron chi connectivity index (χ4n) is 2.56. The predicted molar refractivity (Wildman–Crippen MR) is 95.6 cm³/mol. The number of carbonyl (C=O) groups is 1. The topological polar surface area (TPSA) is 38.8 Å². The molecular formula is C20H25NO3. The third-order valence-corrected chi connectivity index (χ3v) is 4.21. The van der Waals surface area contributed by atoms with Crippen LogP contribution >= 0.6 is 0 Å². The molecule has 0 aliphatic rings. The van der Waals surface area contributed by atoms with Crippen LogP contribution in [0.15, 0.2) is 48.5 Å². The minimum atomic E-state index is -0.00541. The van der Waals surface area contributed by atoms with Crippen molar-refractivity contribution < 1.29 is 14.3 Å². The van der Waals surface area contributed by atoms with Gasteiger partial charge in [0.05, 0.1) is 14.2 Å². The van der Waals surface area contributed by atoms with Crippen molar-refractivity contribution >= 4 is 5.91 Å². The first-order valence-electron chi connectivity index (χ1n) is 8.17. The summed E-state index contributed by atoms with van der Waals surface area (Å²) in [5, 5.41) is 0. The van der Waals surface area contributed by atoms with E-state index < -0.39 is 0 Å². The van der Waals surface area contributed by atoms with Gasteiger partial charge in [-0.25, -0.2) is 0 Å². The molecule has 0 saturated heterocycles. The number of hydrogen-bond acceptors (Lipinski definition) is 3. The zero-order chi connectivity index (χ0) is 17.5. The third kappa shape index (κ3) is 4.07. The molecule has 2 rings (SSSR count). The quantitative estimate of drug-likeness (QED) is 0.767. The standard InChI is InChI=1S/C20H25NO3/c1-5-15(2)21(14-16-9-7-6-8-10-16)20(22)17-11-12-18(23-3)19(13-17)24-4/h6-13,15H,5,14H2,1-4H3. The van der Waals surface area contributed by atoms with Crippen molar-refractivity contribution in [3.63, 3.8) is 0 Å². The molecule has 128 valence electrons. The number of ether oxygens (including phenoxy) is 2. The summed E-state index contributed by atoms with van der Waals surface area (Å²) in [5.74, 6) is 1.17. The van der Waals surface area contributed by atoms with Crippen molar-refractivity contribution in [3.8, 4) is 11.5 Å². The molecule has 0 N–H and O–H groups in total. The van der Waals surface area contributed by atoms with Gasteiger partial charge in [-0.2, -0.15) is 0 Å². The monoisotopic (exact) mass is 327 g/mol. The van der Waals surface area contributed by atoms with E-state index in [4.69, 9.17) is 9.47 Å². The molecule has 0 heterocycles. The Morgan fingerprint density at radius 2 is 1.71 bits per heavy atom. The minimum absolute atomic E-state index is 0.00541. The summed E-state index contributed by atoms with van der Waals surface area (Å²) in [6.07, 6.45) is 0.895. The number of methoxy groups -OCH3 is 2. The van der Waals surface area contributed by atoms with Crippen LogP contribution in [0, 0.1) is 0 Å². The number of hydrogen-bond donors (Lipinski definition) is 0. The Hall–Kier alpha value is -2.49. The van der Waals surface area contributed by atoms with Gasteiger partial charge in [0.2, 0.25) is 0 Å². The zero-order valence-corrected chi connectivity index (χ0v) is 14.8. The fourth-order valence-corrected chi connectivity index (χ4v) is 2.56. The van der Waals surface area contributed by atoms with Crippen LogP contribution in [0.25, 0.3) is 0 Å². The van der Waals surface area contributed by atoms with Crippen LogP contribution in [-0.4, -0.2) is 31.1 Å². The lowest BCUT2D eigenvalue weighted by Gasteiger charge is -2.29. The summed E-state index contributed by atoms with van der Waals surface area (Å²) in [6.45, 7) is 4.75. The normalized spacial score (nSPS) is 11.7. The largest absolute Gasteiger partial charge is 0.493 e. The van der Waals surface area contributed by atoms with Gasteiger partial charge < -0.3 is 14.4 Å². The molecule has 0 fully saturated rings. The van der Waals surface area contributed by atoms with Crippen LogP contribution in [-0.2, 0) is 6.54 Å². The molecule has 2 aromatic rings. The van der Waals surface area contributed by atoms with Crippen molar-refractivity contribution in [1.29, 1.82) is 0 Å². The van der Waals surface area contributed by atoms with Crippen LogP contribution in [0.5, 0.6) is 11.5 Å². The highest BCUT2D eigenvalue weighted by Crippen LogP contribution is 2.28. The first-order valence-corrected chi connectivity index (χ1v) is 8.17. The maximum Gasteiger partial charge on any atom is 0.254 e. The van der Waals surface area contributed by atoms with Crippen LogP contribution in [0.3, 0.4) is 0 Å². The Labute approximate surface area is 144 Å². The molecule has 0 aliphatic carbocycles. The van der Waals surface area contributed by atoms with E-state index in [1.165, 1.54) is 0 Å². The van der Waals surface area contributed by atoms with Gasteiger partial charge >= 0.3 is 0 Å². The number of nitrogens with zero attached hydrogens (tertiary/aromatic N) is 1. The summed E-state index contributed by atoms with van der Waals surface area (Å²) < 4.78 is 10.6. The molecule has 4 nitrogen and oxygen atoms in total.